The van der Waals surface area contributed by atoms with Crippen molar-refractivity contribution in [2.45, 2.75) is 37.5 Å². The van der Waals surface area contributed by atoms with Crippen LogP contribution in [0.1, 0.15) is 41.6 Å². The number of hydrogen-bond donors (Lipinski definition) is 0. The van der Waals surface area contributed by atoms with E-state index in [0.29, 0.717) is 44.3 Å². The summed E-state index contributed by atoms with van der Waals surface area (Å²) in [5.41, 5.74) is 2.44. The Hall–Kier alpha value is -1.80. The van der Waals surface area contributed by atoms with Gasteiger partial charge in [0.2, 0.25) is 10.0 Å². The number of amides is 1. The number of nitrogens with zero attached hydrogens (tertiary/aromatic N) is 3. The van der Waals surface area contributed by atoms with Crippen molar-refractivity contribution in [3.63, 3.8) is 0 Å². The van der Waals surface area contributed by atoms with Gasteiger partial charge in [0, 0.05) is 50.0 Å². The molecule has 2 aliphatic rings. The fraction of sp³-hybridized carbons (Fsp3) is 0.458. The number of carbonyl (C=O) groups excluding carboxylic acids is 1. The Morgan fingerprint density at radius 2 is 1.52 bits per heavy atom. The minimum absolute atomic E-state index is 0.130. The smallest absolute Gasteiger partial charge is 0.255 e. The van der Waals surface area contributed by atoms with Crippen LogP contribution in [0.3, 0.4) is 0 Å². The van der Waals surface area contributed by atoms with Crippen molar-refractivity contribution >= 4 is 44.8 Å². The van der Waals surface area contributed by atoms with Crippen molar-refractivity contribution < 1.29 is 13.2 Å². The monoisotopic (exact) mass is 509 g/mol. The van der Waals surface area contributed by atoms with Crippen molar-refractivity contribution in [1.29, 1.82) is 0 Å². The van der Waals surface area contributed by atoms with Crippen LogP contribution in [0, 0.1) is 6.92 Å². The van der Waals surface area contributed by atoms with Crippen molar-refractivity contribution in [2.75, 3.05) is 44.2 Å². The summed E-state index contributed by atoms with van der Waals surface area (Å²) in [7, 11) is -3.66. The molecule has 6 nitrogen and oxygen atoms in total. The number of aryl methyl sites for hydroxylation is 1. The Balaban J connectivity index is 1.50. The summed E-state index contributed by atoms with van der Waals surface area (Å²) < 4.78 is 27.9. The highest BCUT2D eigenvalue weighted by molar-refractivity contribution is 7.89. The molecule has 0 spiro atoms. The highest BCUT2D eigenvalue weighted by Gasteiger charge is 2.29. The highest BCUT2D eigenvalue weighted by Crippen LogP contribution is 2.28. The van der Waals surface area contributed by atoms with Crippen LogP contribution in [0.4, 0.5) is 5.69 Å². The number of rotatable bonds is 4. The third kappa shape index (κ3) is 5.32. The molecular formula is C24H29Cl2N3O3S. The quantitative estimate of drug-likeness (QED) is 0.592. The number of piperazine rings is 1. The summed E-state index contributed by atoms with van der Waals surface area (Å²) in [6.07, 6.45) is 3.79. The average Bonchev–Trinajstić information content (AvgIpc) is 3.11. The lowest BCUT2D eigenvalue weighted by molar-refractivity contribution is 0.0746. The van der Waals surface area contributed by atoms with E-state index >= 15 is 0 Å². The number of carbonyl (C=O) groups is 1. The molecule has 0 saturated carbocycles. The first-order valence-corrected chi connectivity index (χ1v) is 13.6. The molecule has 178 valence electrons. The zero-order chi connectivity index (χ0) is 23.6. The molecule has 2 aromatic carbocycles. The van der Waals surface area contributed by atoms with Crippen molar-refractivity contribution in [1.82, 2.24) is 9.21 Å². The fourth-order valence-corrected chi connectivity index (χ4v) is 6.41. The van der Waals surface area contributed by atoms with Crippen LogP contribution >= 0.6 is 23.2 Å². The lowest BCUT2D eigenvalue weighted by Crippen LogP contribution is -2.49. The highest BCUT2D eigenvalue weighted by atomic mass is 35.5. The van der Waals surface area contributed by atoms with Crippen molar-refractivity contribution in [3.8, 4) is 0 Å². The van der Waals surface area contributed by atoms with Gasteiger partial charge in [0.05, 0.1) is 15.5 Å². The zero-order valence-corrected chi connectivity index (χ0v) is 21.1. The van der Waals surface area contributed by atoms with Gasteiger partial charge in [0.25, 0.3) is 5.91 Å². The normalized spacial score (nSPS) is 18.3. The van der Waals surface area contributed by atoms with E-state index in [0.717, 1.165) is 36.9 Å². The lowest BCUT2D eigenvalue weighted by Gasteiger charge is -2.37. The first-order valence-electron chi connectivity index (χ1n) is 11.4. The van der Waals surface area contributed by atoms with Gasteiger partial charge in [0.15, 0.2) is 0 Å². The molecule has 2 fully saturated rings. The van der Waals surface area contributed by atoms with Gasteiger partial charge in [-0.25, -0.2) is 8.42 Å². The Labute approximate surface area is 206 Å². The van der Waals surface area contributed by atoms with Crippen LogP contribution in [-0.2, 0) is 10.0 Å². The standard InChI is InChI=1S/C24H29Cl2N3O3S/c1-18-6-7-19(25)16-23(18)27-12-14-28(15-13-27)24(30)21-17-20(8-9-22(21)26)33(31,32)29-10-4-2-3-5-11-29/h6-9,16-17H,2-5,10-15H2,1H3. The van der Waals surface area contributed by atoms with Crippen LogP contribution in [0.5, 0.6) is 0 Å². The number of hydrogen-bond acceptors (Lipinski definition) is 4. The molecule has 0 radical (unpaired) electrons. The second-order valence-corrected chi connectivity index (χ2v) is 11.5. The van der Waals surface area contributed by atoms with Gasteiger partial charge in [-0.15, -0.1) is 0 Å². The molecular weight excluding hydrogens is 481 g/mol. The lowest BCUT2D eigenvalue weighted by atomic mass is 10.1. The first kappa shape index (κ1) is 24.3. The topological polar surface area (TPSA) is 60.9 Å². The largest absolute Gasteiger partial charge is 0.368 e. The molecule has 0 bridgehead atoms. The number of benzene rings is 2. The maximum Gasteiger partial charge on any atom is 0.255 e. The minimum atomic E-state index is -3.66. The van der Waals surface area contributed by atoms with Gasteiger partial charge in [-0.05, 0) is 55.7 Å². The molecule has 2 aromatic rings. The molecule has 2 saturated heterocycles. The number of halogens is 2. The summed E-state index contributed by atoms with van der Waals surface area (Å²) in [5, 5.41) is 0.950. The number of anilines is 1. The molecule has 2 heterocycles. The maximum absolute atomic E-state index is 13.3. The van der Waals surface area contributed by atoms with E-state index in [1.54, 1.807) is 4.90 Å². The predicted octanol–water partition coefficient (Wildman–Crippen LogP) is 4.83. The van der Waals surface area contributed by atoms with Crippen LogP contribution in [0.2, 0.25) is 10.0 Å². The molecule has 9 heteroatoms. The second-order valence-electron chi connectivity index (χ2n) is 8.67. The van der Waals surface area contributed by atoms with Gasteiger partial charge < -0.3 is 9.80 Å². The summed E-state index contributed by atoms with van der Waals surface area (Å²) >= 11 is 12.5. The van der Waals surface area contributed by atoms with Crippen LogP contribution in [0.25, 0.3) is 0 Å². The Morgan fingerprint density at radius 3 is 2.18 bits per heavy atom. The van der Waals surface area contributed by atoms with Crippen molar-refractivity contribution in [2.24, 2.45) is 0 Å². The molecule has 2 aliphatic heterocycles. The van der Waals surface area contributed by atoms with Gasteiger partial charge in [0.1, 0.15) is 0 Å². The van der Waals surface area contributed by atoms with Gasteiger partial charge in [-0.2, -0.15) is 4.31 Å². The summed E-state index contributed by atoms with van der Waals surface area (Å²) in [6.45, 7) is 5.43. The molecule has 4 rings (SSSR count). The van der Waals surface area contributed by atoms with E-state index in [9.17, 15) is 13.2 Å². The molecule has 0 aliphatic carbocycles. The zero-order valence-electron chi connectivity index (χ0n) is 18.8. The van der Waals surface area contributed by atoms with E-state index in [2.05, 4.69) is 4.90 Å². The molecule has 0 unspecified atom stereocenters. The average molecular weight is 510 g/mol. The minimum Gasteiger partial charge on any atom is -0.368 e. The maximum atomic E-state index is 13.3. The van der Waals surface area contributed by atoms with Crippen molar-refractivity contribution in [3.05, 3.63) is 57.6 Å². The number of sulfonamides is 1. The van der Waals surface area contributed by atoms with Gasteiger partial charge in [-0.3, -0.25) is 4.79 Å². The first-order chi connectivity index (χ1) is 15.8. The fourth-order valence-electron chi connectivity index (χ4n) is 4.50. The molecule has 0 aromatic heterocycles. The molecule has 0 atom stereocenters. The van der Waals surface area contributed by atoms with Crippen LogP contribution in [0.15, 0.2) is 41.3 Å². The Bertz CT molecular complexity index is 1120. The third-order valence-corrected chi connectivity index (χ3v) is 8.91. The molecule has 1 amide bonds. The summed E-state index contributed by atoms with van der Waals surface area (Å²) in [5.74, 6) is -0.240. The van der Waals surface area contributed by atoms with Crippen LogP contribution in [-0.4, -0.2) is 62.8 Å². The third-order valence-electron chi connectivity index (χ3n) is 6.45. The molecule has 33 heavy (non-hydrogen) atoms. The van der Waals surface area contributed by atoms with E-state index in [-0.39, 0.29) is 21.4 Å². The summed E-state index contributed by atoms with van der Waals surface area (Å²) in [4.78, 5) is 17.4. The Kier molecular flexibility index (Phi) is 7.53. The molecule has 0 N–H and O–H groups in total. The van der Waals surface area contributed by atoms with Gasteiger partial charge in [-0.1, -0.05) is 42.1 Å². The Morgan fingerprint density at radius 1 is 0.848 bits per heavy atom. The van der Waals surface area contributed by atoms with Crippen LogP contribution < -0.4 is 4.90 Å². The van der Waals surface area contributed by atoms with Gasteiger partial charge >= 0.3 is 0 Å². The van der Waals surface area contributed by atoms with E-state index in [1.807, 2.05) is 25.1 Å². The summed E-state index contributed by atoms with van der Waals surface area (Å²) in [6, 6.07) is 10.3. The van der Waals surface area contributed by atoms with E-state index in [1.165, 1.54) is 22.5 Å². The van der Waals surface area contributed by atoms with E-state index < -0.39 is 10.0 Å². The predicted molar refractivity (Wildman–Crippen MR) is 133 cm³/mol. The second kappa shape index (κ2) is 10.2. The SMILES string of the molecule is Cc1ccc(Cl)cc1N1CCN(C(=O)c2cc(S(=O)(=O)N3CCCCCC3)ccc2Cl)CC1. The van der Waals surface area contributed by atoms with E-state index in [4.69, 9.17) is 23.2 Å².